The van der Waals surface area contributed by atoms with Crippen molar-refractivity contribution in [2.24, 2.45) is 0 Å². The molecule has 4 atom stereocenters. The predicted molar refractivity (Wildman–Crippen MR) is 107 cm³/mol. The van der Waals surface area contributed by atoms with Gasteiger partial charge in [0.1, 0.15) is 18.3 Å². The van der Waals surface area contributed by atoms with Crippen LogP contribution in [0.5, 0.6) is 0 Å². The largest absolute Gasteiger partial charge is 0.478 e. The maximum Gasteiger partial charge on any atom is 0.160 e. The lowest BCUT2D eigenvalue weighted by Gasteiger charge is -2.24. The van der Waals surface area contributed by atoms with E-state index in [1.807, 2.05) is 0 Å². The third-order valence-corrected chi connectivity index (χ3v) is 5.28. The third-order valence-electron chi connectivity index (χ3n) is 4.98. The average molecular weight is 391 g/mol. The molecular formula is C20H38O5S. The highest BCUT2D eigenvalue weighted by molar-refractivity contribution is 7.80. The molecule has 6 heteroatoms. The number of unbranched alkanes of at least 4 members (excludes halogenated alkanes) is 10. The molecule has 1 saturated heterocycles. The molecule has 0 aliphatic carbocycles. The normalized spacial score (nSPS) is 23.9. The van der Waals surface area contributed by atoms with E-state index in [-0.39, 0.29) is 6.61 Å². The van der Waals surface area contributed by atoms with Crippen molar-refractivity contribution in [3.05, 3.63) is 0 Å². The minimum atomic E-state index is -1.07. The lowest BCUT2D eigenvalue weighted by molar-refractivity contribution is -0.0642. The Morgan fingerprint density at radius 2 is 1.58 bits per heavy atom. The SMILES string of the molecule is CCCCCCCCCCCCCC(=S)O[C@@H]1[C@H]([C@H](O)CO)OC[C@@H]1O. The van der Waals surface area contributed by atoms with Crippen LogP contribution in [0.25, 0.3) is 0 Å². The molecule has 0 aromatic carbocycles. The molecule has 3 N–H and O–H groups in total. The van der Waals surface area contributed by atoms with Gasteiger partial charge in [0, 0.05) is 6.42 Å². The monoisotopic (exact) mass is 390 g/mol. The number of ether oxygens (including phenoxy) is 2. The smallest absolute Gasteiger partial charge is 0.160 e. The van der Waals surface area contributed by atoms with Gasteiger partial charge in [-0.3, -0.25) is 0 Å². The Morgan fingerprint density at radius 3 is 2.12 bits per heavy atom. The molecule has 5 nitrogen and oxygen atoms in total. The van der Waals surface area contributed by atoms with Crippen molar-refractivity contribution in [3.63, 3.8) is 0 Å². The number of aliphatic hydroxyl groups excluding tert-OH is 3. The highest BCUT2D eigenvalue weighted by Crippen LogP contribution is 2.22. The Bertz CT molecular complexity index is 366. The van der Waals surface area contributed by atoms with E-state index in [4.69, 9.17) is 26.8 Å². The number of aliphatic hydroxyl groups is 3. The fraction of sp³-hybridized carbons (Fsp3) is 0.950. The van der Waals surface area contributed by atoms with Gasteiger partial charge >= 0.3 is 0 Å². The first-order chi connectivity index (χ1) is 12.6. The van der Waals surface area contributed by atoms with Crippen LogP contribution in [-0.4, -0.2) is 58.0 Å². The van der Waals surface area contributed by atoms with Crippen LogP contribution in [0.2, 0.25) is 0 Å². The summed E-state index contributed by atoms with van der Waals surface area (Å²) in [6, 6.07) is 0. The summed E-state index contributed by atoms with van der Waals surface area (Å²) in [6.07, 6.45) is 11.4. The molecule has 1 fully saturated rings. The molecule has 1 aliphatic rings. The van der Waals surface area contributed by atoms with Crippen LogP contribution >= 0.6 is 12.2 Å². The average Bonchev–Trinajstić information content (AvgIpc) is 2.99. The van der Waals surface area contributed by atoms with Crippen LogP contribution in [0, 0.1) is 0 Å². The van der Waals surface area contributed by atoms with Crippen LogP contribution in [0.15, 0.2) is 0 Å². The fourth-order valence-corrected chi connectivity index (χ4v) is 3.60. The van der Waals surface area contributed by atoms with Crippen LogP contribution in [0.3, 0.4) is 0 Å². The van der Waals surface area contributed by atoms with Gasteiger partial charge in [0.15, 0.2) is 11.2 Å². The molecule has 0 unspecified atom stereocenters. The number of rotatable bonds is 15. The maximum absolute atomic E-state index is 9.91. The summed E-state index contributed by atoms with van der Waals surface area (Å²) in [5, 5.41) is 29.1. The Labute approximate surface area is 164 Å². The maximum atomic E-state index is 9.91. The van der Waals surface area contributed by atoms with Crippen LogP contribution in [0.4, 0.5) is 0 Å². The van der Waals surface area contributed by atoms with Gasteiger partial charge in [-0.25, -0.2) is 0 Å². The second-order valence-electron chi connectivity index (χ2n) is 7.36. The Hall–Kier alpha value is -0.270. The quantitative estimate of drug-likeness (QED) is 0.293. The van der Waals surface area contributed by atoms with Crippen molar-refractivity contribution >= 4 is 17.3 Å². The Morgan fingerprint density at radius 1 is 1.04 bits per heavy atom. The van der Waals surface area contributed by atoms with E-state index in [0.29, 0.717) is 11.5 Å². The van der Waals surface area contributed by atoms with Gasteiger partial charge in [0.2, 0.25) is 0 Å². The fourth-order valence-electron chi connectivity index (χ4n) is 3.34. The Balaban J connectivity index is 2.03. The molecular weight excluding hydrogens is 352 g/mol. The van der Waals surface area contributed by atoms with E-state index in [1.54, 1.807) is 0 Å². The van der Waals surface area contributed by atoms with Gasteiger partial charge in [-0.15, -0.1) is 0 Å². The Kier molecular flexibility index (Phi) is 13.5. The lowest BCUT2D eigenvalue weighted by atomic mass is 10.1. The number of hydrogen-bond donors (Lipinski definition) is 3. The highest BCUT2D eigenvalue weighted by Gasteiger charge is 2.42. The molecule has 0 radical (unpaired) electrons. The summed E-state index contributed by atoms with van der Waals surface area (Å²) < 4.78 is 10.9. The van der Waals surface area contributed by atoms with Crippen molar-refractivity contribution in [1.82, 2.24) is 0 Å². The van der Waals surface area contributed by atoms with Gasteiger partial charge in [0.25, 0.3) is 0 Å². The highest BCUT2D eigenvalue weighted by atomic mass is 32.1. The lowest BCUT2D eigenvalue weighted by Crippen LogP contribution is -2.43. The van der Waals surface area contributed by atoms with Gasteiger partial charge in [0.05, 0.1) is 13.2 Å². The van der Waals surface area contributed by atoms with Gasteiger partial charge in [-0.1, -0.05) is 71.1 Å². The first-order valence-corrected chi connectivity index (χ1v) is 10.8. The summed E-state index contributed by atoms with van der Waals surface area (Å²) in [6.45, 7) is 1.91. The molecule has 0 amide bonds. The zero-order valence-electron chi connectivity index (χ0n) is 16.3. The molecule has 26 heavy (non-hydrogen) atoms. The molecule has 154 valence electrons. The molecule has 1 aliphatic heterocycles. The molecule has 0 saturated carbocycles. The summed E-state index contributed by atoms with van der Waals surface area (Å²) in [5.74, 6) is 0. The molecule has 1 rings (SSSR count). The summed E-state index contributed by atoms with van der Waals surface area (Å²) in [5.41, 5.74) is 0. The topological polar surface area (TPSA) is 79.2 Å². The molecule has 0 aromatic rings. The summed E-state index contributed by atoms with van der Waals surface area (Å²) in [4.78, 5) is 0. The van der Waals surface area contributed by atoms with Gasteiger partial charge in [-0.05, 0) is 18.6 Å². The third kappa shape index (κ3) is 9.60. The van der Waals surface area contributed by atoms with E-state index in [2.05, 4.69) is 6.92 Å². The first kappa shape index (κ1) is 23.8. The van der Waals surface area contributed by atoms with Crippen molar-refractivity contribution < 1.29 is 24.8 Å². The minimum absolute atomic E-state index is 0.0907. The van der Waals surface area contributed by atoms with Crippen molar-refractivity contribution in [2.75, 3.05) is 13.2 Å². The first-order valence-electron chi connectivity index (χ1n) is 10.4. The summed E-state index contributed by atoms with van der Waals surface area (Å²) in [7, 11) is 0. The number of hydrogen-bond acceptors (Lipinski definition) is 6. The predicted octanol–water partition coefficient (Wildman–Crippen LogP) is 3.51. The van der Waals surface area contributed by atoms with E-state index in [1.165, 1.54) is 57.8 Å². The van der Waals surface area contributed by atoms with Crippen molar-refractivity contribution in [2.45, 2.75) is 108 Å². The zero-order chi connectivity index (χ0) is 19.2. The molecule has 0 aromatic heterocycles. The van der Waals surface area contributed by atoms with Gasteiger partial charge in [-0.2, -0.15) is 0 Å². The van der Waals surface area contributed by atoms with Crippen molar-refractivity contribution in [1.29, 1.82) is 0 Å². The van der Waals surface area contributed by atoms with Crippen LogP contribution in [0.1, 0.15) is 84.0 Å². The van der Waals surface area contributed by atoms with E-state index < -0.39 is 31.0 Å². The van der Waals surface area contributed by atoms with Crippen LogP contribution in [-0.2, 0) is 9.47 Å². The van der Waals surface area contributed by atoms with Crippen LogP contribution < -0.4 is 0 Å². The second-order valence-corrected chi connectivity index (χ2v) is 7.81. The number of thiocarbonyl (C=S) groups is 1. The molecule has 0 spiro atoms. The second kappa shape index (κ2) is 14.7. The standard InChI is InChI=1S/C20H38O5S/c1-2-3-4-5-6-7-8-9-10-11-12-13-18(26)25-20-17(23)15-24-19(20)16(22)14-21/h16-17,19-23H,2-15H2,1H3/t16-,17+,19+,20+/m1/s1. The van der Waals surface area contributed by atoms with Gasteiger partial charge < -0.3 is 24.8 Å². The zero-order valence-corrected chi connectivity index (χ0v) is 17.1. The minimum Gasteiger partial charge on any atom is -0.478 e. The molecule has 0 bridgehead atoms. The van der Waals surface area contributed by atoms with E-state index in [9.17, 15) is 10.2 Å². The molecule has 1 heterocycles. The van der Waals surface area contributed by atoms with E-state index in [0.717, 1.165) is 12.8 Å². The van der Waals surface area contributed by atoms with Crippen molar-refractivity contribution in [3.8, 4) is 0 Å². The van der Waals surface area contributed by atoms with E-state index >= 15 is 0 Å². The summed E-state index contributed by atoms with van der Waals surface area (Å²) >= 11 is 5.26.